The number of anilines is 1. The molecular formula is C20H27IN4O. The second kappa shape index (κ2) is 10.5. The molecule has 140 valence electrons. The van der Waals surface area contributed by atoms with Crippen LogP contribution in [0.1, 0.15) is 17.2 Å². The Kier molecular flexibility index (Phi) is 8.34. The molecule has 0 spiro atoms. The molecule has 1 aliphatic heterocycles. The van der Waals surface area contributed by atoms with E-state index in [4.69, 9.17) is 10.5 Å². The highest BCUT2D eigenvalue weighted by molar-refractivity contribution is 14.0. The van der Waals surface area contributed by atoms with Crippen LogP contribution in [0.25, 0.3) is 0 Å². The van der Waals surface area contributed by atoms with Crippen molar-refractivity contribution >= 4 is 35.6 Å². The molecule has 0 aromatic heterocycles. The number of guanidine groups is 1. The second-order valence-corrected chi connectivity index (χ2v) is 6.30. The summed E-state index contributed by atoms with van der Waals surface area (Å²) in [5.74, 6) is 0.442. The quantitative estimate of drug-likeness (QED) is 0.403. The molecule has 1 saturated heterocycles. The zero-order chi connectivity index (χ0) is 17.5. The Bertz CT molecular complexity index is 702. The van der Waals surface area contributed by atoms with Crippen LogP contribution < -0.4 is 11.1 Å². The van der Waals surface area contributed by atoms with Crippen LogP contribution in [-0.2, 0) is 4.74 Å². The van der Waals surface area contributed by atoms with Crippen molar-refractivity contribution in [1.82, 2.24) is 4.90 Å². The van der Waals surface area contributed by atoms with Gasteiger partial charge in [0, 0.05) is 18.8 Å². The van der Waals surface area contributed by atoms with E-state index in [1.807, 2.05) is 30.3 Å². The van der Waals surface area contributed by atoms with Crippen LogP contribution in [0.5, 0.6) is 0 Å². The molecule has 0 radical (unpaired) electrons. The molecule has 2 aromatic rings. The maximum atomic E-state index is 6.09. The Morgan fingerprint density at radius 2 is 1.88 bits per heavy atom. The van der Waals surface area contributed by atoms with Crippen molar-refractivity contribution in [3.63, 3.8) is 0 Å². The zero-order valence-corrected chi connectivity index (χ0v) is 17.4. The monoisotopic (exact) mass is 466 g/mol. The summed E-state index contributed by atoms with van der Waals surface area (Å²) < 4.78 is 5.50. The van der Waals surface area contributed by atoms with Crippen molar-refractivity contribution in [2.45, 2.75) is 13.0 Å². The molecule has 0 bridgehead atoms. The highest BCUT2D eigenvalue weighted by Crippen LogP contribution is 2.23. The third-order valence-corrected chi connectivity index (χ3v) is 4.39. The molecule has 1 heterocycles. The Morgan fingerprint density at radius 1 is 1.15 bits per heavy atom. The topological polar surface area (TPSA) is 62.9 Å². The van der Waals surface area contributed by atoms with Crippen molar-refractivity contribution in [3.05, 3.63) is 65.7 Å². The molecule has 0 aliphatic carbocycles. The number of aryl methyl sites for hydroxylation is 1. The summed E-state index contributed by atoms with van der Waals surface area (Å²) in [5, 5.41) is 3.15. The number of halogens is 1. The number of ether oxygens (including phenoxy) is 1. The van der Waals surface area contributed by atoms with Crippen molar-refractivity contribution in [3.8, 4) is 0 Å². The van der Waals surface area contributed by atoms with Gasteiger partial charge in [-0.15, -0.1) is 24.0 Å². The minimum Gasteiger partial charge on any atom is -0.379 e. The number of aliphatic imine (C=N–C) groups is 1. The number of rotatable bonds is 5. The van der Waals surface area contributed by atoms with E-state index < -0.39 is 0 Å². The SMILES string of the molecule is Cc1cccc(C(CN=C(N)Nc2ccccc2)N2CCOCC2)c1.I. The van der Waals surface area contributed by atoms with Crippen molar-refractivity contribution in [2.75, 3.05) is 38.2 Å². The Hall–Kier alpha value is -1.64. The predicted octanol–water partition coefficient (Wildman–Crippen LogP) is 3.41. The van der Waals surface area contributed by atoms with Crippen LogP contribution in [0.3, 0.4) is 0 Å². The van der Waals surface area contributed by atoms with E-state index >= 15 is 0 Å². The zero-order valence-electron chi connectivity index (χ0n) is 15.1. The second-order valence-electron chi connectivity index (χ2n) is 6.30. The molecule has 1 aliphatic rings. The Balaban J connectivity index is 0.00000243. The lowest BCUT2D eigenvalue weighted by Crippen LogP contribution is -2.40. The van der Waals surface area contributed by atoms with Crippen molar-refractivity contribution in [1.29, 1.82) is 0 Å². The van der Waals surface area contributed by atoms with Crippen LogP contribution in [-0.4, -0.2) is 43.7 Å². The molecule has 0 saturated carbocycles. The average Bonchev–Trinajstić information content (AvgIpc) is 2.64. The molecule has 2 aromatic carbocycles. The minimum atomic E-state index is 0. The first-order valence-corrected chi connectivity index (χ1v) is 8.73. The highest BCUT2D eigenvalue weighted by Gasteiger charge is 2.22. The van der Waals surface area contributed by atoms with Gasteiger partial charge in [-0.2, -0.15) is 0 Å². The van der Waals surface area contributed by atoms with Gasteiger partial charge in [0.1, 0.15) is 0 Å². The van der Waals surface area contributed by atoms with Gasteiger partial charge >= 0.3 is 0 Å². The number of morpholine rings is 1. The summed E-state index contributed by atoms with van der Waals surface area (Å²) in [4.78, 5) is 7.03. The lowest BCUT2D eigenvalue weighted by atomic mass is 10.0. The van der Waals surface area contributed by atoms with Crippen molar-refractivity contribution in [2.24, 2.45) is 10.7 Å². The Labute approximate surface area is 172 Å². The summed E-state index contributed by atoms with van der Waals surface area (Å²) in [6.45, 7) is 6.11. The van der Waals surface area contributed by atoms with Crippen LogP contribution in [0, 0.1) is 6.92 Å². The van der Waals surface area contributed by atoms with Gasteiger partial charge in [-0.05, 0) is 24.6 Å². The molecule has 3 N–H and O–H groups in total. The van der Waals surface area contributed by atoms with Gasteiger partial charge in [0.2, 0.25) is 0 Å². The third-order valence-electron chi connectivity index (χ3n) is 4.39. The van der Waals surface area contributed by atoms with E-state index in [1.165, 1.54) is 11.1 Å². The highest BCUT2D eigenvalue weighted by atomic mass is 127. The number of hydrogen-bond donors (Lipinski definition) is 2. The summed E-state index contributed by atoms with van der Waals surface area (Å²) >= 11 is 0. The largest absolute Gasteiger partial charge is 0.379 e. The molecule has 6 heteroatoms. The van der Waals surface area contributed by atoms with Crippen molar-refractivity contribution < 1.29 is 4.74 Å². The lowest BCUT2D eigenvalue weighted by molar-refractivity contribution is 0.0180. The molecular weight excluding hydrogens is 439 g/mol. The number of benzene rings is 2. The summed E-state index contributed by atoms with van der Waals surface area (Å²) in [7, 11) is 0. The van der Waals surface area contributed by atoms with Crippen LogP contribution >= 0.6 is 24.0 Å². The van der Waals surface area contributed by atoms with Gasteiger partial charge in [0.15, 0.2) is 5.96 Å². The van der Waals surface area contributed by atoms with Crippen LogP contribution in [0.15, 0.2) is 59.6 Å². The molecule has 0 amide bonds. The van der Waals surface area contributed by atoms with Crippen LogP contribution in [0.4, 0.5) is 5.69 Å². The fourth-order valence-corrected chi connectivity index (χ4v) is 3.09. The molecule has 1 unspecified atom stereocenters. The van der Waals surface area contributed by atoms with E-state index in [1.54, 1.807) is 0 Å². The summed E-state index contributed by atoms with van der Waals surface area (Å²) in [6.07, 6.45) is 0. The first-order valence-electron chi connectivity index (χ1n) is 8.73. The van der Waals surface area contributed by atoms with E-state index in [0.29, 0.717) is 12.5 Å². The summed E-state index contributed by atoms with van der Waals surface area (Å²) in [5.41, 5.74) is 9.57. The lowest BCUT2D eigenvalue weighted by Gasteiger charge is -2.34. The van der Waals surface area contributed by atoms with E-state index in [-0.39, 0.29) is 30.0 Å². The van der Waals surface area contributed by atoms with Gasteiger partial charge in [-0.3, -0.25) is 9.89 Å². The Morgan fingerprint density at radius 3 is 2.58 bits per heavy atom. The third kappa shape index (κ3) is 5.96. The van der Waals surface area contributed by atoms with Gasteiger partial charge in [0.05, 0.1) is 25.8 Å². The van der Waals surface area contributed by atoms with Crippen LogP contribution in [0.2, 0.25) is 0 Å². The molecule has 3 rings (SSSR count). The van der Waals surface area contributed by atoms with Gasteiger partial charge in [-0.1, -0.05) is 48.0 Å². The molecule has 1 fully saturated rings. The average molecular weight is 466 g/mol. The maximum absolute atomic E-state index is 6.09. The van der Waals surface area contributed by atoms with Gasteiger partial charge < -0.3 is 15.8 Å². The number of para-hydroxylation sites is 1. The maximum Gasteiger partial charge on any atom is 0.193 e. The van der Waals surface area contributed by atoms with Gasteiger partial charge in [-0.25, -0.2) is 0 Å². The number of nitrogens with two attached hydrogens (primary N) is 1. The van der Waals surface area contributed by atoms with Gasteiger partial charge in [0.25, 0.3) is 0 Å². The first-order chi connectivity index (χ1) is 12.2. The first kappa shape index (κ1) is 20.7. The minimum absolute atomic E-state index is 0. The predicted molar refractivity (Wildman–Crippen MR) is 118 cm³/mol. The fraction of sp³-hybridized carbons (Fsp3) is 0.350. The number of hydrogen-bond acceptors (Lipinski definition) is 3. The standard InChI is InChI=1S/C20H26N4O.HI/c1-16-6-5-7-17(14-16)19(24-10-12-25-13-11-24)15-22-20(21)23-18-8-3-2-4-9-18;/h2-9,14,19H,10-13,15H2,1H3,(H3,21,22,23);1H. The molecule has 5 nitrogen and oxygen atoms in total. The molecule has 1 atom stereocenters. The smallest absolute Gasteiger partial charge is 0.193 e. The van der Waals surface area contributed by atoms with E-state index in [2.05, 4.69) is 46.4 Å². The molecule has 26 heavy (non-hydrogen) atoms. The number of nitrogens with one attached hydrogen (secondary N) is 1. The van der Waals surface area contributed by atoms with E-state index in [9.17, 15) is 0 Å². The fourth-order valence-electron chi connectivity index (χ4n) is 3.09. The normalized spacial score (nSPS) is 16.6. The van der Waals surface area contributed by atoms with E-state index in [0.717, 1.165) is 32.0 Å². The number of nitrogens with zero attached hydrogens (tertiary/aromatic N) is 2. The summed E-state index contributed by atoms with van der Waals surface area (Å²) in [6, 6.07) is 18.7.